The van der Waals surface area contributed by atoms with Gasteiger partial charge in [-0.25, -0.2) is 0 Å². The lowest BCUT2D eigenvalue weighted by Crippen LogP contribution is -2.40. The molecule has 0 heterocycles. The molecular formula is C12H20F3NO2. The fraction of sp³-hybridized carbons (Fsp3) is 0.917. The Morgan fingerprint density at radius 2 is 1.94 bits per heavy atom. The van der Waals surface area contributed by atoms with Crippen molar-refractivity contribution in [2.75, 3.05) is 20.2 Å². The van der Waals surface area contributed by atoms with Crippen LogP contribution in [0.25, 0.3) is 0 Å². The van der Waals surface area contributed by atoms with Gasteiger partial charge in [0.1, 0.15) is 12.7 Å². The summed E-state index contributed by atoms with van der Waals surface area (Å²) in [5.74, 6) is 0.0971. The second-order valence-corrected chi connectivity index (χ2v) is 4.94. The van der Waals surface area contributed by atoms with Gasteiger partial charge in [0.15, 0.2) is 0 Å². The molecule has 1 amide bonds. The molecular weight excluding hydrogens is 247 g/mol. The summed E-state index contributed by atoms with van der Waals surface area (Å²) in [6.07, 6.45) is -0.902. The Morgan fingerprint density at radius 1 is 1.39 bits per heavy atom. The van der Waals surface area contributed by atoms with Crippen molar-refractivity contribution < 1.29 is 22.7 Å². The number of rotatable bonds is 5. The van der Waals surface area contributed by atoms with Crippen LogP contribution in [0, 0.1) is 5.92 Å². The number of carbonyl (C=O) groups is 1. The summed E-state index contributed by atoms with van der Waals surface area (Å²) in [6.45, 7) is 0.592. The summed E-state index contributed by atoms with van der Waals surface area (Å²) >= 11 is 0. The van der Waals surface area contributed by atoms with Crippen molar-refractivity contribution in [2.24, 2.45) is 5.92 Å². The molecule has 1 rings (SSSR count). The van der Waals surface area contributed by atoms with Crippen molar-refractivity contribution in [1.82, 2.24) is 4.90 Å². The van der Waals surface area contributed by atoms with E-state index < -0.39 is 18.9 Å². The molecule has 0 bridgehead atoms. The van der Waals surface area contributed by atoms with E-state index in [1.807, 2.05) is 0 Å². The third kappa shape index (κ3) is 5.25. The molecule has 0 N–H and O–H groups in total. The first-order valence-corrected chi connectivity index (χ1v) is 6.23. The molecule has 0 aromatic heterocycles. The van der Waals surface area contributed by atoms with Crippen LogP contribution in [-0.2, 0) is 9.53 Å². The van der Waals surface area contributed by atoms with Gasteiger partial charge in [0, 0.05) is 13.6 Å². The minimum Gasteiger partial charge on any atom is -0.359 e. The van der Waals surface area contributed by atoms with Crippen LogP contribution in [-0.4, -0.2) is 43.3 Å². The molecule has 6 heteroatoms. The van der Waals surface area contributed by atoms with E-state index in [0.717, 1.165) is 12.8 Å². The number of carbonyl (C=O) groups excluding carboxylic acids is 1. The van der Waals surface area contributed by atoms with Crippen LogP contribution in [0.5, 0.6) is 0 Å². The van der Waals surface area contributed by atoms with Crippen molar-refractivity contribution in [3.63, 3.8) is 0 Å². The van der Waals surface area contributed by atoms with Gasteiger partial charge < -0.3 is 9.64 Å². The van der Waals surface area contributed by atoms with E-state index in [1.165, 1.54) is 24.7 Å². The van der Waals surface area contributed by atoms with Crippen molar-refractivity contribution >= 4 is 5.91 Å². The van der Waals surface area contributed by atoms with Crippen molar-refractivity contribution in [2.45, 2.75) is 44.9 Å². The molecule has 18 heavy (non-hydrogen) atoms. The highest BCUT2D eigenvalue weighted by atomic mass is 19.4. The Morgan fingerprint density at radius 3 is 2.44 bits per heavy atom. The van der Waals surface area contributed by atoms with Gasteiger partial charge >= 0.3 is 6.18 Å². The van der Waals surface area contributed by atoms with Gasteiger partial charge in [-0.15, -0.1) is 0 Å². The highest BCUT2D eigenvalue weighted by molar-refractivity contribution is 5.80. The van der Waals surface area contributed by atoms with E-state index in [1.54, 1.807) is 7.05 Å². The van der Waals surface area contributed by atoms with Gasteiger partial charge in [-0.2, -0.15) is 13.2 Å². The molecule has 1 atom stereocenters. The van der Waals surface area contributed by atoms with Crippen LogP contribution < -0.4 is 0 Å². The summed E-state index contributed by atoms with van der Waals surface area (Å²) in [4.78, 5) is 13.3. The predicted molar refractivity (Wildman–Crippen MR) is 61.1 cm³/mol. The molecule has 1 aliphatic rings. The Hall–Kier alpha value is -0.780. The summed E-state index contributed by atoms with van der Waals surface area (Å²) in [5.41, 5.74) is 0. The lowest BCUT2D eigenvalue weighted by Gasteiger charge is -2.24. The Bertz CT molecular complexity index is 275. The van der Waals surface area contributed by atoms with Crippen molar-refractivity contribution in [3.05, 3.63) is 0 Å². The fourth-order valence-electron chi connectivity index (χ4n) is 2.27. The molecule has 0 aromatic rings. The van der Waals surface area contributed by atoms with E-state index in [-0.39, 0.29) is 5.91 Å². The minimum atomic E-state index is -4.39. The maximum absolute atomic E-state index is 12.0. The van der Waals surface area contributed by atoms with Crippen molar-refractivity contribution in [3.8, 4) is 0 Å². The number of alkyl halides is 3. The largest absolute Gasteiger partial charge is 0.411 e. The van der Waals surface area contributed by atoms with Crippen LogP contribution in [0.1, 0.15) is 32.6 Å². The first kappa shape index (κ1) is 15.3. The predicted octanol–water partition coefficient (Wildman–Crippen LogP) is 2.60. The number of ether oxygens (including phenoxy) is 1. The Labute approximate surface area is 105 Å². The number of amides is 1. The number of likely N-dealkylation sites (N-methyl/N-ethyl adjacent to an activating group) is 1. The summed E-state index contributed by atoms with van der Waals surface area (Å²) < 4.78 is 40.4. The van der Waals surface area contributed by atoms with Crippen LogP contribution in [0.3, 0.4) is 0 Å². The maximum atomic E-state index is 12.0. The monoisotopic (exact) mass is 267 g/mol. The molecule has 1 saturated carbocycles. The van der Waals surface area contributed by atoms with Gasteiger partial charge in [-0.05, 0) is 25.7 Å². The molecule has 0 radical (unpaired) electrons. The Balaban J connectivity index is 2.32. The van der Waals surface area contributed by atoms with Crippen LogP contribution in [0.15, 0.2) is 0 Å². The topological polar surface area (TPSA) is 29.5 Å². The molecule has 0 saturated heterocycles. The zero-order chi connectivity index (χ0) is 13.8. The van der Waals surface area contributed by atoms with Crippen LogP contribution in [0.4, 0.5) is 13.2 Å². The lowest BCUT2D eigenvalue weighted by atomic mass is 10.1. The molecule has 0 aromatic carbocycles. The van der Waals surface area contributed by atoms with Crippen LogP contribution >= 0.6 is 0 Å². The normalized spacial score (nSPS) is 18.9. The average Bonchev–Trinajstić information content (AvgIpc) is 2.76. The maximum Gasteiger partial charge on any atom is 0.411 e. The second-order valence-electron chi connectivity index (χ2n) is 4.94. The summed E-state index contributed by atoms with van der Waals surface area (Å²) in [6, 6.07) is 0. The van der Waals surface area contributed by atoms with E-state index in [0.29, 0.717) is 12.5 Å². The molecule has 1 aliphatic carbocycles. The third-order valence-electron chi connectivity index (χ3n) is 3.23. The fourth-order valence-corrected chi connectivity index (χ4v) is 2.27. The quantitative estimate of drug-likeness (QED) is 0.766. The average molecular weight is 267 g/mol. The van der Waals surface area contributed by atoms with Crippen molar-refractivity contribution in [1.29, 1.82) is 0 Å². The third-order valence-corrected chi connectivity index (χ3v) is 3.23. The van der Waals surface area contributed by atoms with E-state index in [2.05, 4.69) is 4.74 Å². The summed E-state index contributed by atoms with van der Waals surface area (Å²) in [5, 5.41) is 0. The molecule has 106 valence electrons. The SMILES string of the molecule is CC(OCC(F)(F)F)C(=O)N(C)CC1CCCC1. The standard InChI is InChI=1S/C12H20F3NO2/c1-9(18-8-12(13,14)15)11(17)16(2)7-10-5-3-4-6-10/h9-10H,3-8H2,1-2H3. The highest BCUT2D eigenvalue weighted by Crippen LogP contribution is 2.25. The van der Waals surface area contributed by atoms with Gasteiger partial charge in [0.05, 0.1) is 0 Å². The van der Waals surface area contributed by atoms with Gasteiger partial charge in [-0.3, -0.25) is 4.79 Å². The smallest absolute Gasteiger partial charge is 0.359 e. The molecule has 3 nitrogen and oxygen atoms in total. The first-order chi connectivity index (χ1) is 8.29. The van der Waals surface area contributed by atoms with E-state index >= 15 is 0 Å². The lowest BCUT2D eigenvalue weighted by molar-refractivity contribution is -0.188. The minimum absolute atomic E-state index is 0.383. The molecule has 0 spiro atoms. The number of halogens is 3. The van der Waals surface area contributed by atoms with Gasteiger partial charge in [0.2, 0.25) is 0 Å². The number of hydrogen-bond acceptors (Lipinski definition) is 2. The first-order valence-electron chi connectivity index (χ1n) is 6.23. The number of hydrogen-bond donors (Lipinski definition) is 0. The molecule has 1 unspecified atom stereocenters. The van der Waals surface area contributed by atoms with E-state index in [4.69, 9.17) is 0 Å². The Kier molecular flexibility index (Phi) is 5.44. The van der Waals surface area contributed by atoms with Gasteiger partial charge in [0.25, 0.3) is 5.91 Å². The zero-order valence-corrected chi connectivity index (χ0v) is 10.8. The van der Waals surface area contributed by atoms with E-state index in [9.17, 15) is 18.0 Å². The molecule has 1 fully saturated rings. The van der Waals surface area contributed by atoms with Gasteiger partial charge in [-0.1, -0.05) is 12.8 Å². The number of nitrogens with zero attached hydrogens (tertiary/aromatic N) is 1. The zero-order valence-electron chi connectivity index (χ0n) is 10.8. The highest BCUT2D eigenvalue weighted by Gasteiger charge is 2.31. The second kappa shape index (κ2) is 6.41. The summed E-state index contributed by atoms with van der Waals surface area (Å²) in [7, 11) is 1.62. The van der Waals surface area contributed by atoms with Crippen LogP contribution in [0.2, 0.25) is 0 Å². The molecule has 0 aliphatic heterocycles.